The molecule has 0 amide bonds. The first-order valence-corrected chi connectivity index (χ1v) is 4.97. The van der Waals surface area contributed by atoms with Crippen molar-refractivity contribution in [2.45, 2.75) is 25.3 Å². The van der Waals surface area contributed by atoms with Gasteiger partial charge >= 0.3 is 0 Å². The highest BCUT2D eigenvalue weighted by Crippen LogP contribution is 2.43. The number of nitrogens with two attached hydrogens (primary N) is 1. The zero-order chi connectivity index (χ0) is 8.77. The van der Waals surface area contributed by atoms with E-state index < -0.39 is 0 Å². The van der Waals surface area contributed by atoms with Gasteiger partial charge in [0.1, 0.15) is 0 Å². The summed E-state index contributed by atoms with van der Waals surface area (Å²) in [4.78, 5) is 0. The lowest BCUT2D eigenvalue weighted by atomic mass is 10.0. The molecule has 1 saturated carbocycles. The molecule has 0 spiro atoms. The lowest BCUT2D eigenvalue weighted by molar-refractivity contribution is 0.739. The third-order valence-electron chi connectivity index (χ3n) is 2.54. The van der Waals surface area contributed by atoms with Gasteiger partial charge in [0.05, 0.1) is 0 Å². The standard InChI is InChI=1S/C10H12BrN/c1-7-2-3-8(6-9(7)11)10(12)4-5-10/h2-3,6H,4-5,12H2,1H3. The largest absolute Gasteiger partial charge is 0.321 e. The van der Waals surface area contributed by atoms with Crippen LogP contribution in [0.5, 0.6) is 0 Å². The number of hydrogen-bond donors (Lipinski definition) is 1. The second kappa shape index (κ2) is 2.57. The van der Waals surface area contributed by atoms with Gasteiger partial charge in [-0.2, -0.15) is 0 Å². The molecule has 1 fully saturated rings. The van der Waals surface area contributed by atoms with Crippen LogP contribution in [-0.2, 0) is 5.54 Å². The smallest absolute Gasteiger partial charge is 0.0411 e. The Labute approximate surface area is 81.1 Å². The van der Waals surface area contributed by atoms with Crippen molar-refractivity contribution in [3.05, 3.63) is 33.8 Å². The molecule has 0 bridgehead atoms. The first kappa shape index (κ1) is 8.27. The third-order valence-corrected chi connectivity index (χ3v) is 3.39. The Balaban J connectivity index is 2.41. The van der Waals surface area contributed by atoms with Crippen molar-refractivity contribution in [2.75, 3.05) is 0 Å². The second-order valence-corrected chi connectivity index (χ2v) is 4.47. The second-order valence-electron chi connectivity index (χ2n) is 3.62. The molecule has 2 rings (SSSR count). The fraction of sp³-hybridized carbons (Fsp3) is 0.400. The Morgan fingerprint density at radius 2 is 2.08 bits per heavy atom. The van der Waals surface area contributed by atoms with Gasteiger partial charge in [-0.25, -0.2) is 0 Å². The van der Waals surface area contributed by atoms with Crippen molar-refractivity contribution in [3.8, 4) is 0 Å². The van der Waals surface area contributed by atoms with Crippen LogP contribution in [0.2, 0.25) is 0 Å². The predicted octanol–water partition coefficient (Wildman–Crippen LogP) is 2.71. The number of aryl methyl sites for hydroxylation is 1. The Morgan fingerprint density at radius 3 is 2.58 bits per heavy atom. The molecule has 2 heteroatoms. The van der Waals surface area contributed by atoms with E-state index in [1.165, 1.54) is 11.1 Å². The zero-order valence-corrected chi connectivity index (χ0v) is 8.69. The Bertz CT molecular complexity index is 316. The van der Waals surface area contributed by atoms with Gasteiger partial charge in [0.15, 0.2) is 0 Å². The van der Waals surface area contributed by atoms with Gasteiger partial charge in [0, 0.05) is 10.0 Å². The third kappa shape index (κ3) is 1.29. The highest BCUT2D eigenvalue weighted by Gasteiger charge is 2.39. The van der Waals surface area contributed by atoms with Gasteiger partial charge < -0.3 is 5.73 Å². The normalized spacial score (nSPS) is 19.2. The van der Waals surface area contributed by atoms with Gasteiger partial charge in [-0.3, -0.25) is 0 Å². The van der Waals surface area contributed by atoms with Crippen molar-refractivity contribution < 1.29 is 0 Å². The molecule has 1 aromatic carbocycles. The number of benzene rings is 1. The summed E-state index contributed by atoms with van der Waals surface area (Å²) < 4.78 is 1.16. The van der Waals surface area contributed by atoms with E-state index in [0.29, 0.717) is 0 Å². The molecule has 1 aromatic rings. The van der Waals surface area contributed by atoms with E-state index >= 15 is 0 Å². The van der Waals surface area contributed by atoms with Gasteiger partial charge in [-0.15, -0.1) is 0 Å². The van der Waals surface area contributed by atoms with Crippen LogP contribution >= 0.6 is 15.9 Å². The average Bonchev–Trinajstić information content (AvgIpc) is 2.75. The highest BCUT2D eigenvalue weighted by molar-refractivity contribution is 9.10. The van der Waals surface area contributed by atoms with E-state index in [4.69, 9.17) is 5.73 Å². The molecule has 1 nitrogen and oxygen atoms in total. The molecule has 2 N–H and O–H groups in total. The molecule has 0 heterocycles. The maximum Gasteiger partial charge on any atom is 0.0411 e. The molecular formula is C10H12BrN. The quantitative estimate of drug-likeness (QED) is 0.782. The first-order chi connectivity index (χ1) is 5.62. The summed E-state index contributed by atoms with van der Waals surface area (Å²) in [5, 5.41) is 0. The summed E-state index contributed by atoms with van der Waals surface area (Å²) in [5.74, 6) is 0. The minimum atomic E-state index is -0.00375. The van der Waals surface area contributed by atoms with E-state index in [2.05, 4.69) is 41.1 Å². The molecule has 1 aliphatic rings. The van der Waals surface area contributed by atoms with Crippen molar-refractivity contribution in [1.29, 1.82) is 0 Å². The molecule has 0 aliphatic heterocycles. The summed E-state index contributed by atoms with van der Waals surface area (Å²) in [6.07, 6.45) is 2.25. The SMILES string of the molecule is Cc1ccc(C2(N)CC2)cc1Br. The van der Waals surface area contributed by atoms with Crippen LogP contribution in [0.1, 0.15) is 24.0 Å². The van der Waals surface area contributed by atoms with E-state index in [-0.39, 0.29) is 5.54 Å². The minimum absolute atomic E-state index is 0.00375. The van der Waals surface area contributed by atoms with Gasteiger partial charge in [0.2, 0.25) is 0 Å². The molecule has 0 radical (unpaired) electrons. The van der Waals surface area contributed by atoms with Crippen LogP contribution in [0.15, 0.2) is 22.7 Å². The molecule has 64 valence electrons. The lowest BCUT2D eigenvalue weighted by Gasteiger charge is -2.10. The van der Waals surface area contributed by atoms with Crippen LogP contribution in [-0.4, -0.2) is 0 Å². The molecule has 1 aliphatic carbocycles. The first-order valence-electron chi connectivity index (χ1n) is 4.17. The molecule has 12 heavy (non-hydrogen) atoms. The molecule has 0 aromatic heterocycles. The van der Waals surface area contributed by atoms with Crippen LogP contribution in [0.25, 0.3) is 0 Å². The van der Waals surface area contributed by atoms with Gasteiger partial charge in [-0.1, -0.05) is 28.1 Å². The molecule has 0 atom stereocenters. The maximum absolute atomic E-state index is 6.07. The monoisotopic (exact) mass is 225 g/mol. The average molecular weight is 226 g/mol. The highest BCUT2D eigenvalue weighted by atomic mass is 79.9. The Hall–Kier alpha value is -0.340. The molecular weight excluding hydrogens is 214 g/mol. The van der Waals surface area contributed by atoms with Crippen LogP contribution in [0.3, 0.4) is 0 Å². The molecule has 0 unspecified atom stereocenters. The van der Waals surface area contributed by atoms with Crippen LogP contribution < -0.4 is 5.73 Å². The van der Waals surface area contributed by atoms with Crippen molar-refractivity contribution in [1.82, 2.24) is 0 Å². The fourth-order valence-corrected chi connectivity index (χ4v) is 1.70. The van der Waals surface area contributed by atoms with E-state index in [9.17, 15) is 0 Å². The summed E-state index contributed by atoms with van der Waals surface area (Å²) in [5.41, 5.74) is 8.59. The predicted molar refractivity (Wildman–Crippen MR) is 54.0 cm³/mol. The minimum Gasteiger partial charge on any atom is -0.321 e. The summed E-state index contributed by atoms with van der Waals surface area (Å²) >= 11 is 3.51. The van der Waals surface area contributed by atoms with E-state index in [0.717, 1.165) is 17.3 Å². The van der Waals surface area contributed by atoms with Crippen molar-refractivity contribution >= 4 is 15.9 Å². The topological polar surface area (TPSA) is 26.0 Å². The van der Waals surface area contributed by atoms with Gasteiger partial charge in [0.25, 0.3) is 0 Å². The van der Waals surface area contributed by atoms with Crippen LogP contribution in [0.4, 0.5) is 0 Å². The summed E-state index contributed by atoms with van der Waals surface area (Å²) in [6, 6.07) is 6.39. The van der Waals surface area contributed by atoms with Crippen molar-refractivity contribution in [3.63, 3.8) is 0 Å². The van der Waals surface area contributed by atoms with E-state index in [1.54, 1.807) is 0 Å². The Morgan fingerprint density at radius 1 is 1.42 bits per heavy atom. The zero-order valence-electron chi connectivity index (χ0n) is 7.10. The lowest BCUT2D eigenvalue weighted by Crippen LogP contribution is -2.18. The summed E-state index contributed by atoms with van der Waals surface area (Å²) in [6.45, 7) is 2.09. The number of rotatable bonds is 1. The number of hydrogen-bond acceptors (Lipinski definition) is 1. The van der Waals surface area contributed by atoms with Crippen LogP contribution in [0, 0.1) is 6.92 Å². The number of halogens is 1. The fourth-order valence-electron chi connectivity index (χ4n) is 1.33. The van der Waals surface area contributed by atoms with Gasteiger partial charge in [-0.05, 0) is 37.0 Å². The molecule has 0 saturated heterocycles. The van der Waals surface area contributed by atoms with Crippen molar-refractivity contribution in [2.24, 2.45) is 5.73 Å². The maximum atomic E-state index is 6.07. The van der Waals surface area contributed by atoms with E-state index in [1.807, 2.05) is 0 Å². The Kier molecular flexibility index (Phi) is 1.77. The summed E-state index contributed by atoms with van der Waals surface area (Å²) in [7, 11) is 0.